The normalized spacial score (nSPS) is 13.2. The molecule has 0 radical (unpaired) electrons. The fourth-order valence-electron chi connectivity index (χ4n) is 2.22. The van der Waals surface area contributed by atoms with Gasteiger partial charge >= 0.3 is 0 Å². The molecule has 1 fully saturated rings. The minimum Gasteiger partial charge on any atom is -0.483 e. The van der Waals surface area contributed by atoms with Crippen molar-refractivity contribution < 1.29 is 14.3 Å². The molecule has 1 saturated carbocycles. The van der Waals surface area contributed by atoms with Gasteiger partial charge in [-0.1, -0.05) is 36.4 Å². The first-order chi connectivity index (χ1) is 11.6. The molecule has 0 bridgehead atoms. The summed E-state index contributed by atoms with van der Waals surface area (Å²) in [7, 11) is 0. The van der Waals surface area contributed by atoms with Gasteiger partial charge in [0.2, 0.25) is 5.91 Å². The Morgan fingerprint density at radius 2 is 1.83 bits per heavy atom. The maximum Gasteiger partial charge on any atom is 0.276 e. The van der Waals surface area contributed by atoms with E-state index in [0.717, 1.165) is 23.6 Å². The summed E-state index contributed by atoms with van der Waals surface area (Å²) in [4.78, 5) is 23.3. The van der Waals surface area contributed by atoms with Gasteiger partial charge in [0.25, 0.3) is 5.91 Å². The fourth-order valence-corrected chi connectivity index (χ4v) is 2.37. The third-order valence-corrected chi connectivity index (χ3v) is 3.81. The predicted molar refractivity (Wildman–Crippen MR) is 94.2 cm³/mol. The Hall–Kier alpha value is -2.67. The van der Waals surface area contributed by atoms with Crippen molar-refractivity contribution >= 4 is 39.9 Å². The number of hydrogen-bond acceptors (Lipinski definition) is 4. The highest BCUT2D eigenvalue weighted by Crippen LogP contribution is 2.28. The van der Waals surface area contributed by atoms with Crippen LogP contribution >= 0.6 is 12.2 Å². The molecule has 0 aromatic heterocycles. The van der Waals surface area contributed by atoms with Crippen LogP contribution in [0.1, 0.15) is 12.8 Å². The lowest BCUT2D eigenvalue weighted by Crippen LogP contribution is -2.50. The Balaban J connectivity index is 1.46. The van der Waals surface area contributed by atoms with E-state index in [0.29, 0.717) is 5.75 Å². The predicted octanol–water partition coefficient (Wildman–Crippen LogP) is 1.65. The number of thiocarbonyl (C=S) groups is 1. The zero-order valence-electron chi connectivity index (χ0n) is 12.9. The van der Waals surface area contributed by atoms with E-state index in [2.05, 4.69) is 16.2 Å². The van der Waals surface area contributed by atoms with Crippen molar-refractivity contribution in [3.63, 3.8) is 0 Å². The number of benzene rings is 2. The number of amides is 2. The molecule has 2 aromatic rings. The summed E-state index contributed by atoms with van der Waals surface area (Å²) < 4.78 is 5.56. The van der Waals surface area contributed by atoms with Gasteiger partial charge < -0.3 is 10.1 Å². The van der Waals surface area contributed by atoms with Crippen LogP contribution in [0.3, 0.4) is 0 Å². The van der Waals surface area contributed by atoms with Crippen molar-refractivity contribution in [2.75, 3.05) is 6.61 Å². The Bertz CT molecular complexity index is 784. The molecule has 1 aliphatic rings. The van der Waals surface area contributed by atoms with Gasteiger partial charge in [-0.15, -0.1) is 0 Å². The van der Waals surface area contributed by atoms with Gasteiger partial charge in [0.05, 0.1) is 0 Å². The van der Waals surface area contributed by atoms with Gasteiger partial charge in [-0.25, -0.2) is 0 Å². The topological polar surface area (TPSA) is 79.5 Å². The van der Waals surface area contributed by atoms with Gasteiger partial charge in [-0.2, -0.15) is 0 Å². The van der Waals surface area contributed by atoms with E-state index >= 15 is 0 Å². The third kappa shape index (κ3) is 4.20. The molecule has 0 aliphatic heterocycles. The highest BCUT2D eigenvalue weighted by atomic mass is 32.1. The molecule has 3 N–H and O–H groups in total. The average Bonchev–Trinajstić information content (AvgIpc) is 3.43. The lowest BCUT2D eigenvalue weighted by Gasteiger charge is -2.12. The van der Waals surface area contributed by atoms with Crippen molar-refractivity contribution in [1.82, 2.24) is 16.2 Å². The highest BCUT2D eigenvalue weighted by Gasteiger charge is 2.30. The average molecular weight is 343 g/mol. The molecule has 0 heterocycles. The van der Waals surface area contributed by atoms with E-state index in [1.807, 2.05) is 42.5 Å². The second kappa shape index (κ2) is 7.27. The van der Waals surface area contributed by atoms with Crippen LogP contribution in [-0.2, 0) is 9.59 Å². The van der Waals surface area contributed by atoms with Gasteiger partial charge in [0.1, 0.15) is 5.75 Å². The summed E-state index contributed by atoms with van der Waals surface area (Å²) in [6.07, 6.45) is 1.78. The van der Waals surface area contributed by atoms with Crippen LogP contribution in [0.15, 0.2) is 42.5 Å². The molecule has 2 aromatic carbocycles. The first-order valence-corrected chi connectivity index (χ1v) is 8.04. The zero-order chi connectivity index (χ0) is 16.9. The van der Waals surface area contributed by atoms with Gasteiger partial charge in [-0.3, -0.25) is 20.4 Å². The van der Waals surface area contributed by atoms with Crippen molar-refractivity contribution in [2.45, 2.75) is 12.8 Å². The van der Waals surface area contributed by atoms with E-state index in [1.165, 1.54) is 0 Å². The number of rotatable bonds is 4. The molecule has 3 rings (SSSR count). The van der Waals surface area contributed by atoms with Gasteiger partial charge in [-0.05, 0) is 36.5 Å². The molecular formula is C17H17N3O3S. The van der Waals surface area contributed by atoms with E-state index in [1.54, 1.807) is 0 Å². The number of hydrazine groups is 1. The van der Waals surface area contributed by atoms with Crippen LogP contribution in [0.4, 0.5) is 0 Å². The summed E-state index contributed by atoms with van der Waals surface area (Å²) in [5.74, 6) is 0.169. The number of ether oxygens (including phenoxy) is 1. The first-order valence-electron chi connectivity index (χ1n) is 7.64. The minimum absolute atomic E-state index is 0.0511. The summed E-state index contributed by atoms with van der Waals surface area (Å²) in [5.41, 5.74) is 4.88. The van der Waals surface area contributed by atoms with Gasteiger partial charge in [0.15, 0.2) is 11.7 Å². The number of carbonyl (C=O) groups excluding carboxylic acids is 2. The third-order valence-electron chi connectivity index (χ3n) is 3.61. The molecule has 7 heteroatoms. The molecule has 0 atom stereocenters. The van der Waals surface area contributed by atoms with Crippen LogP contribution in [0.2, 0.25) is 0 Å². The largest absolute Gasteiger partial charge is 0.483 e. The molecular weight excluding hydrogens is 326 g/mol. The fraction of sp³-hybridized carbons (Fsp3) is 0.235. The summed E-state index contributed by atoms with van der Waals surface area (Å²) in [6.45, 7) is -0.166. The first kappa shape index (κ1) is 16.2. The van der Waals surface area contributed by atoms with Crippen molar-refractivity contribution in [3.05, 3.63) is 42.5 Å². The molecule has 0 saturated heterocycles. The summed E-state index contributed by atoms with van der Waals surface area (Å²) >= 11 is 4.94. The Kier molecular flexibility index (Phi) is 4.90. The number of nitrogens with one attached hydrogen (secondary N) is 3. The molecule has 6 nitrogen and oxygen atoms in total. The van der Waals surface area contributed by atoms with Crippen LogP contribution in [-0.4, -0.2) is 23.5 Å². The maximum atomic E-state index is 11.8. The van der Waals surface area contributed by atoms with Crippen molar-refractivity contribution in [1.29, 1.82) is 0 Å². The number of fused-ring (bicyclic) bond motifs is 1. The van der Waals surface area contributed by atoms with Crippen LogP contribution in [0.25, 0.3) is 10.8 Å². The molecule has 124 valence electrons. The second-order valence-corrected chi connectivity index (χ2v) is 5.94. The standard InChI is InChI=1S/C17H17N3O3S/c21-15(19-20-17(24)18-16(22)12-8-9-12)10-23-14-7-3-5-11-4-1-2-6-13(11)14/h1-7,12H,8-10H2,(H,19,21)(H2,18,20,22,24). The van der Waals surface area contributed by atoms with Crippen molar-refractivity contribution in [3.8, 4) is 5.75 Å². The number of carbonyl (C=O) groups is 2. The lowest BCUT2D eigenvalue weighted by molar-refractivity contribution is -0.124. The van der Waals surface area contributed by atoms with Gasteiger partial charge in [0, 0.05) is 11.3 Å². The quantitative estimate of drug-likeness (QED) is 0.581. The van der Waals surface area contributed by atoms with Crippen LogP contribution < -0.4 is 20.9 Å². The summed E-state index contributed by atoms with van der Waals surface area (Å²) in [6, 6.07) is 13.4. The molecule has 1 aliphatic carbocycles. The summed E-state index contributed by atoms with van der Waals surface area (Å²) in [5, 5.41) is 4.57. The van der Waals surface area contributed by atoms with Crippen molar-refractivity contribution in [2.24, 2.45) is 5.92 Å². The Morgan fingerprint density at radius 1 is 1.08 bits per heavy atom. The van der Waals surface area contributed by atoms with Crippen LogP contribution in [0.5, 0.6) is 5.75 Å². The Morgan fingerprint density at radius 3 is 2.62 bits per heavy atom. The second-order valence-electron chi connectivity index (χ2n) is 5.53. The zero-order valence-corrected chi connectivity index (χ0v) is 13.7. The minimum atomic E-state index is -0.397. The van der Waals surface area contributed by atoms with E-state index < -0.39 is 5.91 Å². The van der Waals surface area contributed by atoms with E-state index in [9.17, 15) is 9.59 Å². The smallest absolute Gasteiger partial charge is 0.276 e. The van der Waals surface area contributed by atoms with E-state index in [4.69, 9.17) is 17.0 Å². The lowest BCUT2D eigenvalue weighted by atomic mass is 10.1. The van der Waals surface area contributed by atoms with Crippen LogP contribution in [0, 0.1) is 5.92 Å². The highest BCUT2D eigenvalue weighted by molar-refractivity contribution is 7.80. The number of hydrogen-bond donors (Lipinski definition) is 3. The Labute approximate surface area is 144 Å². The molecule has 0 unspecified atom stereocenters. The molecule has 24 heavy (non-hydrogen) atoms. The molecule has 2 amide bonds. The monoisotopic (exact) mass is 343 g/mol. The van der Waals surface area contributed by atoms with E-state index in [-0.39, 0.29) is 23.5 Å². The maximum absolute atomic E-state index is 11.8. The SMILES string of the molecule is O=C(COc1cccc2ccccc12)NNC(=S)NC(=O)C1CC1. The molecule has 0 spiro atoms.